The van der Waals surface area contributed by atoms with Gasteiger partial charge in [-0.1, -0.05) is 41.5 Å². The number of nitrogens with one attached hydrogen (secondary N) is 4. The number of aromatic nitrogens is 2. The van der Waals surface area contributed by atoms with Gasteiger partial charge in [0.2, 0.25) is 23.5 Å². The molecule has 4 aliphatic rings. The van der Waals surface area contributed by atoms with Crippen LogP contribution in [0.15, 0.2) is 18.6 Å². The highest BCUT2D eigenvalue weighted by Gasteiger charge is 2.55. The van der Waals surface area contributed by atoms with Gasteiger partial charge < -0.3 is 26.2 Å². The third-order valence-corrected chi connectivity index (χ3v) is 9.80. The lowest BCUT2D eigenvalue weighted by Crippen LogP contribution is -2.63. The Morgan fingerprint density at radius 2 is 1.61 bits per heavy atom. The summed E-state index contributed by atoms with van der Waals surface area (Å²) in [5, 5.41) is 11.2. The van der Waals surface area contributed by atoms with Crippen molar-refractivity contribution in [3.63, 3.8) is 0 Å². The van der Waals surface area contributed by atoms with E-state index < -0.39 is 70.3 Å². The first kappa shape index (κ1) is 33.5. The molecule has 5 amide bonds. The van der Waals surface area contributed by atoms with E-state index in [1.165, 1.54) is 18.6 Å². The second kappa shape index (κ2) is 12.7. The highest BCUT2D eigenvalue weighted by molar-refractivity contribution is 6.38. The summed E-state index contributed by atoms with van der Waals surface area (Å²) in [5.41, 5.74) is -1.42. The predicted octanol–water partition coefficient (Wildman–Crippen LogP) is 1.13. The van der Waals surface area contributed by atoms with Crippen LogP contribution >= 0.6 is 0 Å². The van der Waals surface area contributed by atoms with Crippen LogP contribution in [0.2, 0.25) is 0 Å². The monoisotopic (exact) mass is 637 g/mol. The number of fused-ring (bicyclic) bond motifs is 1. The minimum absolute atomic E-state index is 0.0194. The van der Waals surface area contributed by atoms with Crippen LogP contribution in [-0.2, 0) is 24.0 Å². The zero-order chi connectivity index (χ0) is 33.6. The Labute approximate surface area is 269 Å². The minimum atomic E-state index is -1.02. The van der Waals surface area contributed by atoms with Gasteiger partial charge >= 0.3 is 0 Å². The van der Waals surface area contributed by atoms with Gasteiger partial charge in [0.1, 0.15) is 23.8 Å². The van der Waals surface area contributed by atoms with Gasteiger partial charge in [0.05, 0.1) is 12.2 Å². The van der Waals surface area contributed by atoms with Gasteiger partial charge in [-0.05, 0) is 67.1 Å². The van der Waals surface area contributed by atoms with Crippen LogP contribution in [0.3, 0.4) is 0 Å². The fourth-order valence-corrected chi connectivity index (χ4v) is 7.18. The summed E-state index contributed by atoms with van der Waals surface area (Å²) in [6.07, 6.45) is 8.51. The standard InChI is InChI=1S/C33H47N7O6/c1-32(2,3)25(38-27(42)22-15-34-11-12-35-22)30(45)39-26(33(4,5)6)31(46)40-16-18-13-17-7-10-21(24(41)29(44)36-19-8-9-19)37-28(43)23(40)20(18)14-17/h11-12,15,17-21,23,25-26H,7-10,13-14,16H2,1-6H3,(H,36,44)(H,37,43)(H,38,42)(H,39,45)/t17?,18-,20-,21?,23-,25+,26+/m0/s1. The molecule has 5 rings (SSSR count). The number of Topliss-reactive ketones (excluding diaryl/α,β-unsaturated/α-hetero) is 1. The first-order chi connectivity index (χ1) is 21.5. The molecule has 13 nitrogen and oxygen atoms in total. The molecule has 2 aliphatic carbocycles. The molecule has 2 saturated carbocycles. The van der Waals surface area contributed by atoms with Crippen LogP contribution in [0.5, 0.6) is 0 Å². The molecule has 2 unspecified atom stereocenters. The highest BCUT2D eigenvalue weighted by Crippen LogP contribution is 2.48. The SMILES string of the molecule is CC(C)(C)[C@H](NC(=O)c1cnccn1)C(=O)N[C@H](C(=O)N1C[C@@H]2CC3CCC(C(=O)C(=O)NC4CC4)NC(=O)[C@@H]1[C@H]2C3)C(C)(C)C. The summed E-state index contributed by atoms with van der Waals surface area (Å²) in [5.74, 6) is -2.92. The van der Waals surface area contributed by atoms with Crippen molar-refractivity contribution < 1.29 is 28.8 Å². The maximum absolute atomic E-state index is 14.4. The molecule has 13 heteroatoms. The molecule has 3 heterocycles. The van der Waals surface area contributed by atoms with Crippen molar-refractivity contribution in [1.82, 2.24) is 36.1 Å². The van der Waals surface area contributed by atoms with Crippen LogP contribution in [0, 0.1) is 28.6 Å². The van der Waals surface area contributed by atoms with Crippen LogP contribution < -0.4 is 21.3 Å². The van der Waals surface area contributed by atoms with E-state index in [2.05, 4.69) is 31.2 Å². The number of carbonyl (C=O) groups excluding carboxylic acids is 6. The summed E-state index contributed by atoms with van der Waals surface area (Å²) in [6, 6.07) is -3.79. The molecule has 0 spiro atoms. The van der Waals surface area contributed by atoms with Crippen molar-refractivity contribution >= 4 is 35.3 Å². The van der Waals surface area contributed by atoms with Gasteiger partial charge in [-0.15, -0.1) is 0 Å². The molecule has 2 bridgehead atoms. The zero-order valence-electron chi connectivity index (χ0n) is 27.6. The maximum Gasteiger partial charge on any atom is 0.289 e. The van der Waals surface area contributed by atoms with E-state index in [-0.39, 0.29) is 23.6 Å². The van der Waals surface area contributed by atoms with Crippen molar-refractivity contribution in [1.29, 1.82) is 0 Å². The lowest BCUT2D eigenvalue weighted by Gasteiger charge is -2.38. The minimum Gasteiger partial charge on any atom is -0.347 e. The Balaban J connectivity index is 1.36. The van der Waals surface area contributed by atoms with Crippen LogP contribution in [-0.4, -0.2) is 86.9 Å². The second-order valence-electron chi connectivity index (χ2n) is 15.6. The molecule has 1 aromatic rings. The Morgan fingerprint density at radius 1 is 0.913 bits per heavy atom. The first-order valence-corrected chi connectivity index (χ1v) is 16.4. The number of hydrogen-bond acceptors (Lipinski definition) is 8. The fraction of sp³-hybridized carbons (Fsp3) is 0.697. The molecule has 4 fully saturated rings. The predicted molar refractivity (Wildman–Crippen MR) is 167 cm³/mol. The summed E-state index contributed by atoms with van der Waals surface area (Å²) >= 11 is 0. The lowest BCUT2D eigenvalue weighted by molar-refractivity contribution is -0.146. The number of rotatable bonds is 8. The molecule has 46 heavy (non-hydrogen) atoms. The number of hydrogen-bond donors (Lipinski definition) is 4. The number of likely N-dealkylation sites (tertiary alicyclic amines) is 1. The Morgan fingerprint density at radius 3 is 2.22 bits per heavy atom. The molecule has 250 valence electrons. The summed E-state index contributed by atoms with van der Waals surface area (Å²) in [7, 11) is 0. The normalized spacial score (nSPS) is 27.3. The van der Waals surface area contributed by atoms with Crippen molar-refractivity contribution in [2.24, 2.45) is 28.6 Å². The largest absolute Gasteiger partial charge is 0.347 e. The zero-order valence-corrected chi connectivity index (χ0v) is 27.6. The molecule has 0 aromatic carbocycles. The van der Waals surface area contributed by atoms with E-state index in [1.54, 1.807) is 4.90 Å². The van der Waals surface area contributed by atoms with Crippen molar-refractivity contribution in [2.45, 2.75) is 110 Å². The summed E-state index contributed by atoms with van der Waals surface area (Å²) < 4.78 is 0. The first-order valence-electron chi connectivity index (χ1n) is 16.4. The molecule has 2 aliphatic heterocycles. The van der Waals surface area contributed by atoms with Gasteiger partial charge in [0, 0.05) is 25.0 Å². The van der Waals surface area contributed by atoms with E-state index in [4.69, 9.17) is 0 Å². The number of nitrogens with zero attached hydrogens (tertiary/aromatic N) is 3. The average Bonchev–Trinajstić information content (AvgIpc) is 3.59. The molecule has 1 aromatic heterocycles. The van der Waals surface area contributed by atoms with Crippen LogP contribution in [0.4, 0.5) is 0 Å². The number of ketones is 1. The third-order valence-electron chi connectivity index (χ3n) is 9.80. The lowest BCUT2D eigenvalue weighted by atomic mass is 9.82. The maximum atomic E-state index is 14.4. The molecular formula is C33H47N7O6. The summed E-state index contributed by atoms with van der Waals surface area (Å²) in [4.78, 5) is 90.4. The summed E-state index contributed by atoms with van der Waals surface area (Å²) in [6.45, 7) is 11.3. The van der Waals surface area contributed by atoms with E-state index in [0.29, 0.717) is 18.9 Å². The average molecular weight is 638 g/mol. The Hall–Kier alpha value is -3.90. The molecule has 0 radical (unpaired) electrons. The van der Waals surface area contributed by atoms with E-state index in [9.17, 15) is 28.8 Å². The number of amides is 5. The van der Waals surface area contributed by atoms with Gasteiger partial charge in [0.15, 0.2) is 0 Å². The topological polar surface area (TPSA) is 180 Å². The van der Waals surface area contributed by atoms with E-state index in [0.717, 1.165) is 32.1 Å². The quantitative estimate of drug-likeness (QED) is 0.306. The van der Waals surface area contributed by atoms with Crippen LogP contribution in [0.25, 0.3) is 0 Å². The third kappa shape index (κ3) is 7.23. The van der Waals surface area contributed by atoms with Crippen molar-refractivity contribution in [3.05, 3.63) is 24.3 Å². The molecule has 7 atom stereocenters. The Bertz CT molecular complexity index is 1380. The van der Waals surface area contributed by atoms with Gasteiger partial charge in [-0.3, -0.25) is 33.8 Å². The molecule has 2 saturated heterocycles. The highest BCUT2D eigenvalue weighted by atomic mass is 16.2. The van der Waals surface area contributed by atoms with Crippen LogP contribution in [0.1, 0.15) is 90.6 Å². The van der Waals surface area contributed by atoms with E-state index in [1.807, 2.05) is 41.5 Å². The molecular weight excluding hydrogens is 590 g/mol. The second-order valence-corrected chi connectivity index (χ2v) is 15.6. The fourth-order valence-electron chi connectivity index (χ4n) is 7.18. The molecule has 4 N–H and O–H groups in total. The van der Waals surface area contributed by atoms with Gasteiger partial charge in [-0.25, -0.2) is 4.98 Å². The smallest absolute Gasteiger partial charge is 0.289 e. The van der Waals surface area contributed by atoms with Gasteiger partial charge in [0.25, 0.3) is 11.8 Å². The van der Waals surface area contributed by atoms with Crippen molar-refractivity contribution in [3.8, 4) is 0 Å². The Kier molecular flexibility index (Phi) is 9.25. The number of carbonyl (C=O) groups is 6. The van der Waals surface area contributed by atoms with Gasteiger partial charge in [-0.2, -0.15) is 0 Å². The van der Waals surface area contributed by atoms with Crippen molar-refractivity contribution in [2.75, 3.05) is 6.54 Å². The van der Waals surface area contributed by atoms with E-state index >= 15 is 0 Å².